The van der Waals surface area contributed by atoms with Crippen molar-refractivity contribution in [1.82, 2.24) is 5.32 Å². The third-order valence-electron chi connectivity index (χ3n) is 2.45. The first-order valence-electron chi connectivity index (χ1n) is 5.54. The van der Waals surface area contributed by atoms with E-state index in [0.29, 0.717) is 17.6 Å². The van der Waals surface area contributed by atoms with Crippen molar-refractivity contribution in [2.45, 2.75) is 27.3 Å². The van der Waals surface area contributed by atoms with Crippen LogP contribution < -0.4 is 10.8 Å². The zero-order valence-corrected chi connectivity index (χ0v) is 10.4. The second kappa shape index (κ2) is 5.34. The van der Waals surface area contributed by atoms with Crippen molar-refractivity contribution in [2.75, 3.05) is 0 Å². The summed E-state index contributed by atoms with van der Waals surface area (Å²) in [5.74, 6) is -0.0697. The molecule has 1 rings (SSSR count). The van der Waals surface area contributed by atoms with Crippen LogP contribution in [0.15, 0.2) is 24.3 Å². The number of nitrogens with one attached hydrogen (secondary N) is 1. The number of hydrogen-bond donors (Lipinski definition) is 3. The van der Waals surface area contributed by atoms with Crippen LogP contribution in [0.3, 0.4) is 0 Å². The van der Waals surface area contributed by atoms with E-state index in [-0.39, 0.29) is 5.91 Å². The van der Waals surface area contributed by atoms with Crippen LogP contribution in [0.2, 0.25) is 0 Å². The Hall–Kier alpha value is -1.33. The lowest BCUT2D eigenvalue weighted by Gasteiger charge is -2.18. The van der Waals surface area contributed by atoms with E-state index in [2.05, 4.69) is 5.32 Å². The zero-order valence-electron chi connectivity index (χ0n) is 10.4. The molecular formula is C12H18BNO3. The molecule has 4 nitrogen and oxygen atoms in total. The Kier molecular flexibility index (Phi) is 4.31. The van der Waals surface area contributed by atoms with E-state index in [1.807, 2.05) is 20.8 Å². The quantitative estimate of drug-likeness (QED) is 0.647. The Labute approximate surface area is 102 Å². The minimum Gasteiger partial charge on any atom is -0.423 e. The van der Waals surface area contributed by atoms with Gasteiger partial charge in [-0.2, -0.15) is 0 Å². The average molecular weight is 235 g/mol. The monoisotopic (exact) mass is 235 g/mol. The van der Waals surface area contributed by atoms with E-state index in [4.69, 9.17) is 0 Å². The summed E-state index contributed by atoms with van der Waals surface area (Å²) >= 11 is 0. The predicted octanol–water partition coefficient (Wildman–Crippen LogP) is 0.0287. The molecule has 0 fully saturated rings. The molecule has 1 amide bonds. The molecule has 0 unspecified atom stereocenters. The van der Waals surface area contributed by atoms with Gasteiger partial charge in [-0.25, -0.2) is 0 Å². The van der Waals surface area contributed by atoms with Crippen molar-refractivity contribution in [3.63, 3.8) is 0 Å². The highest BCUT2D eigenvalue weighted by molar-refractivity contribution is 6.59. The number of rotatable bonds is 3. The molecule has 0 radical (unpaired) electrons. The lowest BCUT2D eigenvalue weighted by Crippen LogP contribution is -2.38. The number of carbonyl (C=O) groups excluding carboxylic acids is 1. The minimum atomic E-state index is -1.52. The van der Waals surface area contributed by atoms with Gasteiger partial charge in [0.2, 0.25) is 5.91 Å². The molecule has 17 heavy (non-hydrogen) atoms. The van der Waals surface area contributed by atoms with Crippen LogP contribution in [0.25, 0.3) is 0 Å². The van der Waals surface area contributed by atoms with Gasteiger partial charge >= 0.3 is 7.12 Å². The second-order valence-corrected chi connectivity index (χ2v) is 5.01. The van der Waals surface area contributed by atoms with Crippen molar-refractivity contribution < 1.29 is 14.8 Å². The molecule has 0 aliphatic carbocycles. The Morgan fingerprint density at radius 3 is 2.41 bits per heavy atom. The lowest BCUT2D eigenvalue weighted by molar-refractivity contribution is -0.128. The number of hydrogen-bond acceptors (Lipinski definition) is 3. The topological polar surface area (TPSA) is 69.6 Å². The molecule has 0 bridgehead atoms. The summed E-state index contributed by atoms with van der Waals surface area (Å²) in [5, 5.41) is 21.1. The molecule has 0 atom stereocenters. The van der Waals surface area contributed by atoms with Crippen molar-refractivity contribution >= 4 is 18.5 Å². The Morgan fingerprint density at radius 2 is 1.88 bits per heavy atom. The molecular weight excluding hydrogens is 217 g/mol. The van der Waals surface area contributed by atoms with Crippen LogP contribution in [0.1, 0.15) is 26.3 Å². The Balaban J connectivity index is 2.73. The summed E-state index contributed by atoms with van der Waals surface area (Å²) < 4.78 is 0. The van der Waals surface area contributed by atoms with E-state index < -0.39 is 12.5 Å². The fraction of sp³-hybridized carbons (Fsp3) is 0.417. The highest BCUT2D eigenvalue weighted by atomic mass is 16.4. The van der Waals surface area contributed by atoms with Crippen molar-refractivity contribution in [3.05, 3.63) is 29.8 Å². The fourth-order valence-electron chi connectivity index (χ4n) is 1.39. The van der Waals surface area contributed by atoms with E-state index in [1.165, 1.54) is 0 Å². The van der Waals surface area contributed by atoms with Crippen LogP contribution in [0.4, 0.5) is 0 Å². The van der Waals surface area contributed by atoms with Gasteiger partial charge in [-0.3, -0.25) is 4.79 Å². The molecule has 0 heterocycles. The van der Waals surface area contributed by atoms with Gasteiger partial charge in [-0.05, 0) is 11.0 Å². The van der Waals surface area contributed by atoms with Gasteiger partial charge in [0.1, 0.15) is 0 Å². The molecule has 0 saturated carbocycles. The third-order valence-corrected chi connectivity index (χ3v) is 2.45. The molecule has 0 saturated heterocycles. The first-order valence-corrected chi connectivity index (χ1v) is 5.54. The molecule has 92 valence electrons. The number of amides is 1. The highest BCUT2D eigenvalue weighted by Crippen LogP contribution is 2.12. The van der Waals surface area contributed by atoms with Crippen LogP contribution in [0, 0.1) is 5.41 Å². The summed E-state index contributed by atoms with van der Waals surface area (Å²) in [6, 6.07) is 6.91. The SMILES string of the molecule is CC(C)(C)C(=O)NCc1ccccc1B(O)O. The molecule has 0 aromatic heterocycles. The largest absolute Gasteiger partial charge is 0.488 e. The first kappa shape index (κ1) is 13.7. The lowest BCUT2D eigenvalue weighted by atomic mass is 9.77. The van der Waals surface area contributed by atoms with Crippen molar-refractivity contribution in [1.29, 1.82) is 0 Å². The highest BCUT2D eigenvalue weighted by Gasteiger charge is 2.21. The molecule has 0 aliphatic rings. The van der Waals surface area contributed by atoms with Gasteiger partial charge in [0, 0.05) is 12.0 Å². The maximum atomic E-state index is 11.7. The minimum absolute atomic E-state index is 0.0697. The predicted molar refractivity (Wildman–Crippen MR) is 67.6 cm³/mol. The third kappa shape index (κ3) is 3.87. The maximum absolute atomic E-state index is 11.7. The summed E-state index contributed by atoms with van der Waals surface area (Å²) in [6.45, 7) is 5.78. The molecule has 3 N–H and O–H groups in total. The molecule has 0 aliphatic heterocycles. The average Bonchev–Trinajstić information content (AvgIpc) is 2.24. The van der Waals surface area contributed by atoms with Crippen LogP contribution >= 0.6 is 0 Å². The van der Waals surface area contributed by atoms with Gasteiger partial charge in [-0.15, -0.1) is 0 Å². The Bertz CT molecular complexity index is 399. The summed E-state index contributed by atoms with van der Waals surface area (Å²) in [5.41, 5.74) is 0.675. The zero-order chi connectivity index (χ0) is 13.1. The van der Waals surface area contributed by atoms with Crippen LogP contribution in [0.5, 0.6) is 0 Å². The molecule has 1 aromatic carbocycles. The van der Waals surface area contributed by atoms with Crippen LogP contribution in [-0.2, 0) is 11.3 Å². The van der Waals surface area contributed by atoms with Gasteiger partial charge in [0.15, 0.2) is 0 Å². The van der Waals surface area contributed by atoms with E-state index in [9.17, 15) is 14.8 Å². The fourth-order valence-corrected chi connectivity index (χ4v) is 1.39. The number of benzene rings is 1. The smallest absolute Gasteiger partial charge is 0.423 e. The maximum Gasteiger partial charge on any atom is 0.488 e. The summed E-state index contributed by atoms with van der Waals surface area (Å²) in [6.07, 6.45) is 0. The Morgan fingerprint density at radius 1 is 1.29 bits per heavy atom. The second-order valence-electron chi connectivity index (χ2n) is 5.01. The van der Waals surface area contributed by atoms with Gasteiger partial charge in [-0.1, -0.05) is 45.0 Å². The van der Waals surface area contributed by atoms with Crippen molar-refractivity contribution in [3.8, 4) is 0 Å². The molecule has 0 spiro atoms. The van der Waals surface area contributed by atoms with Crippen LogP contribution in [-0.4, -0.2) is 23.1 Å². The first-order chi connectivity index (χ1) is 7.82. The van der Waals surface area contributed by atoms with E-state index >= 15 is 0 Å². The number of carbonyl (C=O) groups is 1. The molecule has 1 aromatic rings. The standard InChI is InChI=1S/C12H18BNO3/c1-12(2,3)11(15)14-8-9-6-4-5-7-10(9)13(16)17/h4-7,16-17H,8H2,1-3H3,(H,14,15). The normalized spacial score (nSPS) is 11.1. The van der Waals surface area contributed by atoms with Crippen molar-refractivity contribution in [2.24, 2.45) is 5.41 Å². The van der Waals surface area contributed by atoms with Gasteiger partial charge in [0.05, 0.1) is 0 Å². The van der Waals surface area contributed by atoms with E-state index in [0.717, 1.165) is 0 Å². The van der Waals surface area contributed by atoms with Gasteiger partial charge in [0.25, 0.3) is 0 Å². The summed E-state index contributed by atoms with van der Waals surface area (Å²) in [7, 11) is -1.52. The van der Waals surface area contributed by atoms with Gasteiger partial charge < -0.3 is 15.4 Å². The molecule has 5 heteroatoms. The van der Waals surface area contributed by atoms with E-state index in [1.54, 1.807) is 24.3 Å². The summed E-state index contributed by atoms with van der Waals surface area (Å²) in [4.78, 5) is 11.7.